The number of aliphatic hydroxyl groups excluding tert-OH is 1. The molecule has 3 nitrogen and oxygen atoms in total. The van der Waals surface area contributed by atoms with Crippen molar-refractivity contribution in [3.63, 3.8) is 0 Å². The monoisotopic (exact) mass is 312 g/mol. The van der Waals surface area contributed by atoms with Crippen LogP contribution in [0, 0.1) is 0 Å². The van der Waals surface area contributed by atoms with Crippen molar-refractivity contribution in [1.29, 1.82) is 0 Å². The smallest absolute Gasteiger partial charge is 0.305 e. The first-order valence-corrected chi connectivity index (χ1v) is 9.10. The molecule has 0 aromatic carbocycles. The minimum Gasteiger partial charge on any atom is -0.469 e. The number of esters is 1. The number of hydrogen-bond donors (Lipinski definition) is 1. The Morgan fingerprint density at radius 3 is 2.27 bits per heavy atom. The van der Waals surface area contributed by atoms with Gasteiger partial charge in [-0.3, -0.25) is 4.79 Å². The van der Waals surface area contributed by atoms with Gasteiger partial charge in [0.1, 0.15) is 0 Å². The molecule has 0 aliphatic heterocycles. The van der Waals surface area contributed by atoms with Gasteiger partial charge in [-0.2, -0.15) is 0 Å². The summed E-state index contributed by atoms with van der Waals surface area (Å²) in [5.74, 6) is -0.0911. The molecular weight excluding hydrogens is 276 g/mol. The van der Waals surface area contributed by atoms with Crippen molar-refractivity contribution >= 4 is 5.97 Å². The SMILES string of the molecule is CCCCC(O)CC=CCCCCCCCCCC(=O)OC. The maximum Gasteiger partial charge on any atom is 0.305 e. The summed E-state index contributed by atoms with van der Waals surface area (Å²) in [4.78, 5) is 10.9. The highest BCUT2D eigenvalue weighted by Crippen LogP contribution is 2.11. The second kappa shape index (κ2) is 16.5. The van der Waals surface area contributed by atoms with E-state index in [0.717, 1.165) is 44.9 Å². The molecule has 130 valence electrons. The molecule has 0 saturated heterocycles. The summed E-state index contributed by atoms with van der Waals surface area (Å²) in [6, 6.07) is 0. The van der Waals surface area contributed by atoms with Gasteiger partial charge in [0.25, 0.3) is 0 Å². The van der Waals surface area contributed by atoms with Crippen LogP contribution >= 0.6 is 0 Å². The lowest BCUT2D eigenvalue weighted by molar-refractivity contribution is -0.140. The molecule has 0 fully saturated rings. The highest BCUT2D eigenvalue weighted by Gasteiger charge is 2.00. The molecule has 0 amide bonds. The zero-order valence-electron chi connectivity index (χ0n) is 14.7. The van der Waals surface area contributed by atoms with Gasteiger partial charge >= 0.3 is 5.97 Å². The minimum absolute atomic E-state index is 0.0911. The summed E-state index contributed by atoms with van der Waals surface area (Å²) in [5, 5.41) is 9.69. The first-order valence-electron chi connectivity index (χ1n) is 9.10. The van der Waals surface area contributed by atoms with E-state index in [1.807, 2.05) is 0 Å². The maximum atomic E-state index is 10.9. The third kappa shape index (κ3) is 15.6. The van der Waals surface area contributed by atoms with E-state index in [1.165, 1.54) is 39.2 Å². The number of methoxy groups -OCH3 is 1. The van der Waals surface area contributed by atoms with Crippen LogP contribution < -0.4 is 0 Å². The van der Waals surface area contributed by atoms with E-state index in [4.69, 9.17) is 0 Å². The Bertz CT molecular complexity index is 274. The Labute approximate surface area is 137 Å². The topological polar surface area (TPSA) is 46.5 Å². The summed E-state index contributed by atoms with van der Waals surface area (Å²) < 4.78 is 4.61. The van der Waals surface area contributed by atoms with Crippen LogP contribution in [-0.4, -0.2) is 24.3 Å². The van der Waals surface area contributed by atoms with Crippen LogP contribution in [0.25, 0.3) is 0 Å². The summed E-state index contributed by atoms with van der Waals surface area (Å²) in [7, 11) is 1.45. The van der Waals surface area contributed by atoms with E-state index < -0.39 is 0 Å². The molecule has 1 atom stereocenters. The van der Waals surface area contributed by atoms with E-state index in [2.05, 4.69) is 23.8 Å². The van der Waals surface area contributed by atoms with Crippen LogP contribution in [-0.2, 0) is 9.53 Å². The summed E-state index contributed by atoms with van der Waals surface area (Å²) in [6.45, 7) is 2.15. The lowest BCUT2D eigenvalue weighted by atomic mass is 10.1. The summed E-state index contributed by atoms with van der Waals surface area (Å²) in [5.41, 5.74) is 0. The molecule has 22 heavy (non-hydrogen) atoms. The van der Waals surface area contributed by atoms with Gasteiger partial charge in [-0.1, -0.05) is 64.0 Å². The van der Waals surface area contributed by atoms with Crippen molar-refractivity contribution in [3.8, 4) is 0 Å². The molecule has 0 aliphatic carbocycles. The Morgan fingerprint density at radius 1 is 1.00 bits per heavy atom. The second-order valence-electron chi connectivity index (χ2n) is 6.09. The fourth-order valence-electron chi connectivity index (χ4n) is 2.45. The van der Waals surface area contributed by atoms with Gasteiger partial charge in [-0.25, -0.2) is 0 Å². The van der Waals surface area contributed by atoms with Crippen LogP contribution in [0.1, 0.15) is 90.4 Å². The average Bonchev–Trinajstić information content (AvgIpc) is 2.53. The number of carbonyl (C=O) groups excluding carboxylic acids is 1. The second-order valence-corrected chi connectivity index (χ2v) is 6.09. The number of aliphatic hydroxyl groups is 1. The zero-order chi connectivity index (χ0) is 16.5. The van der Waals surface area contributed by atoms with Gasteiger partial charge in [0.2, 0.25) is 0 Å². The van der Waals surface area contributed by atoms with Gasteiger partial charge in [0.05, 0.1) is 13.2 Å². The fourth-order valence-corrected chi connectivity index (χ4v) is 2.45. The number of rotatable bonds is 15. The predicted molar refractivity (Wildman–Crippen MR) is 92.9 cm³/mol. The molecule has 3 heteroatoms. The molecule has 0 heterocycles. The van der Waals surface area contributed by atoms with Crippen LogP contribution in [0.4, 0.5) is 0 Å². The average molecular weight is 312 g/mol. The molecule has 0 aliphatic rings. The molecule has 0 radical (unpaired) electrons. The van der Waals surface area contributed by atoms with Crippen molar-refractivity contribution in [1.82, 2.24) is 0 Å². The third-order valence-corrected chi connectivity index (χ3v) is 3.95. The third-order valence-electron chi connectivity index (χ3n) is 3.95. The predicted octanol–water partition coefficient (Wildman–Crippen LogP) is 5.17. The minimum atomic E-state index is -0.152. The summed E-state index contributed by atoms with van der Waals surface area (Å²) in [6.07, 6.45) is 18.3. The van der Waals surface area contributed by atoms with Crippen molar-refractivity contribution in [2.75, 3.05) is 7.11 Å². The summed E-state index contributed by atoms with van der Waals surface area (Å²) >= 11 is 0. The standard InChI is InChI=1S/C19H36O3/c1-3-4-15-18(20)16-13-11-9-7-5-6-8-10-12-14-17-19(21)22-2/h11,13,18,20H,3-10,12,14-17H2,1-2H3. The molecule has 1 unspecified atom stereocenters. The van der Waals surface area contributed by atoms with Crippen molar-refractivity contribution < 1.29 is 14.6 Å². The Kier molecular flexibility index (Phi) is 15.9. The zero-order valence-corrected chi connectivity index (χ0v) is 14.7. The van der Waals surface area contributed by atoms with E-state index in [-0.39, 0.29) is 12.1 Å². The van der Waals surface area contributed by atoms with E-state index in [1.54, 1.807) is 0 Å². The number of ether oxygens (including phenoxy) is 1. The molecule has 0 aromatic rings. The van der Waals surface area contributed by atoms with Crippen LogP contribution in [0.5, 0.6) is 0 Å². The molecule has 0 aromatic heterocycles. The quantitative estimate of drug-likeness (QED) is 0.258. The van der Waals surface area contributed by atoms with Crippen molar-refractivity contribution in [3.05, 3.63) is 12.2 Å². The largest absolute Gasteiger partial charge is 0.469 e. The normalized spacial score (nSPS) is 12.7. The van der Waals surface area contributed by atoms with Crippen LogP contribution in [0.15, 0.2) is 12.2 Å². The molecule has 0 rings (SSSR count). The van der Waals surface area contributed by atoms with E-state index >= 15 is 0 Å². The highest BCUT2D eigenvalue weighted by atomic mass is 16.5. The first-order chi connectivity index (χ1) is 10.7. The fraction of sp³-hybridized carbons (Fsp3) is 0.842. The van der Waals surface area contributed by atoms with Gasteiger partial charge < -0.3 is 9.84 Å². The first kappa shape index (κ1) is 21.2. The number of unbranched alkanes of at least 4 members (excludes halogenated alkanes) is 8. The van der Waals surface area contributed by atoms with Crippen LogP contribution in [0.2, 0.25) is 0 Å². The van der Waals surface area contributed by atoms with Gasteiger partial charge in [0.15, 0.2) is 0 Å². The van der Waals surface area contributed by atoms with Gasteiger partial charge in [0, 0.05) is 6.42 Å². The van der Waals surface area contributed by atoms with Gasteiger partial charge in [-0.15, -0.1) is 0 Å². The molecule has 0 spiro atoms. The molecule has 0 bridgehead atoms. The van der Waals surface area contributed by atoms with E-state index in [0.29, 0.717) is 6.42 Å². The molecule has 1 N–H and O–H groups in total. The molecular formula is C19H36O3. The van der Waals surface area contributed by atoms with Gasteiger partial charge in [-0.05, 0) is 32.1 Å². The number of carbonyl (C=O) groups is 1. The van der Waals surface area contributed by atoms with Crippen LogP contribution in [0.3, 0.4) is 0 Å². The Morgan fingerprint density at radius 2 is 1.64 bits per heavy atom. The Hall–Kier alpha value is -0.830. The lowest BCUT2D eigenvalue weighted by Crippen LogP contribution is -2.03. The molecule has 0 saturated carbocycles. The highest BCUT2D eigenvalue weighted by molar-refractivity contribution is 5.68. The lowest BCUT2D eigenvalue weighted by Gasteiger charge is -2.05. The maximum absolute atomic E-state index is 10.9. The number of hydrogen-bond acceptors (Lipinski definition) is 3. The number of allylic oxidation sites excluding steroid dienone is 1. The van der Waals surface area contributed by atoms with E-state index in [9.17, 15) is 9.90 Å². The van der Waals surface area contributed by atoms with Crippen molar-refractivity contribution in [2.24, 2.45) is 0 Å². The Balaban J connectivity index is 3.21. The van der Waals surface area contributed by atoms with Crippen molar-refractivity contribution in [2.45, 2.75) is 96.5 Å².